The molecule has 0 amide bonds. The summed E-state index contributed by atoms with van der Waals surface area (Å²) < 4.78 is 63.2. The van der Waals surface area contributed by atoms with E-state index in [0.717, 1.165) is 0 Å². The molecule has 5 nitrogen and oxygen atoms in total. The predicted octanol–water partition coefficient (Wildman–Crippen LogP) is 3.59. The lowest BCUT2D eigenvalue weighted by molar-refractivity contribution is -0.387. The third-order valence-electron chi connectivity index (χ3n) is 1.56. The van der Waals surface area contributed by atoms with Gasteiger partial charge in [0.15, 0.2) is 5.69 Å². The lowest BCUT2D eigenvalue weighted by atomic mass is 10.3. The van der Waals surface area contributed by atoms with Crippen molar-refractivity contribution in [3.05, 3.63) is 26.3 Å². The van der Waals surface area contributed by atoms with Crippen molar-refractivity contribution in [1.82, 2.24) is 4.98 Å². The number of hydrogen-bond donors (Lipinski definition) is 0. The summed E-state index contributed by atoms with van der Waals surface area (Å²) in [6.45, 7) is 0. The van der Waals surface area contributed by atoms with Gasteiger partial charge in [-0.2, -0.15) is 0 Å². The molecule has 0 spiro atoms. The first-order valence-electron chi connectivity index (χ1n) is 4.00. The normalized spacial score (nSPS) is 11.7. The Morgan fingerprint density at radius 2 is 2.00 bits per heavy atom. The molecule has 11 heteroatoms. The highest BCUT2D eigenvalue weighted by molar-refractivity contribution is 9.10. The first-order valence-corrected chi connectivity index (χ1v) is 4.80. The molecule has 1 heterocycles. The Balaban J connectivity index is 3.32. The number of nitrogens with zero attached hydrogens (tertiary/aromatic N) is 2. The van der Waals surface area contributed by atoms with Crippen LogP contribution in [0.25, 0.3) is 0 Å². The Morgan fingerprint density at radius 3 is 2.39 bits per heavy atom. The topological polar surface area (TPSA) is 65.3 Å². The fourth-order valence-electron chi connectivity index (χ4n) is 1.01. The van der Waals surface area contributed by atoms with Gasteiger partial charge >= 0.3 is 12.0 Å². The lowest BCUT2D eigenvalue weighted by Crippen LogP contribution is -2.18. The van der Waals surface area contributed by atoms with Crippen LogP contribution in [0.15, 0.2) is 10.5 Å². The van der Waals surface area contributed by atoms with E-state index < -0.39 is 39.4 Å². The number of pyridine rings is 1. The Bertz CT molecular complexity index is 479. The van der Waals surface area contributed by atoms with Gasteiger partial charge in [-0.1, -0.05) is 0 Å². The Kier molecular flexibility index (Phi) is 4.04. The van der Waals surface area contributed by atoms with Crippen LogP contribution in [0.4, 0.5) is 27.6 Å². The number of rotatable bonds is 3. The monoisotopic (exact) mass is 336 g/mol. The summed E-state index contributed by atoms with van der Waals surface area (Å²) in [5.74, 6) is -1.21. The van der Waals surface area contributed by atoms with Crippen molar-refractivity contribution in [3.63, 3.8) is 0 Å². The largest absolute Gasteiger partial charge is 0.574 e. The van der Waals surface area contributed by atoms with Crippen molar-refractivity contribution in [3.8, 4) is 5.88 Å². The standard InChI is InChI=1S/C7H2BrF5N2O3/c8-2-1-3(18-7(11,12)13)14-4(6(9)10)5(2)15(16)17/h1,6H. The molecule has 0 aliphatic rings. The first-order chi connectivity index (χ1) is 8.11. The van der Waals surface area contributed by atoms with Gasteiger partial charge in [-0.15, -0.1) is 13.2 Å². The van der Waals surface area contributed by atoms with Gasteiger partial charge < -0.3 is 4.74 Å². The van der Waals surface area contributed by atoms with Crippen LogP contribution in [-0.4, -0.2) is 16.3 Å². The average Bonchev–Trinajstić information content (AvgIpc) is 2.12. The maximum Gasteiger partial charge on any atom is 0.574 e. The van der Waals surface area contributed by atoms with E-state index in [1.807, 2.05) is 0 Å². The van der Waals surface area contributed by atoms with E-state index in [0.29, 0.717) is 6.07 Å². The molecule has 100 valence electrons. The number of ether oxygens (including phenoxy) is 1. The molecule has 1 rings (SSSR count). The van der Waals surface area contributed by atoms with E-state index in [-0.39, 0.29) is 0 Å². The highest BCUT2D eigenvalue weighted by Gasteiger charge is 2.35. The minimum atomic E-state index is -5.14. The summed E-state index contributed by atoms with van der Waals surface area (Å²) in [7, 11) is 0. The van der Waals surface area contributed by atoms with Gasteiger partial charge in [0, 0.05) is 6.07 Å². The molecule has 0 aromatic carbocycles. The molecule has 0 saturated heterocycles. The summed E-state index contributed by atoms with van der Waals surface area (Å²) >= 11 is 2.51. The van der Waals surface area contributed by atoms with Gasteiger partial charge in [0.25, 0.3) is 6.43 Å². The Morgan fingerprint density at radius 1 is 1.44 bits per heavy atom. The summed E-state index contributed by atoms with van der Waals surface area (Å²) in [6.07, 6.45) is -8.56. The van der Waals surface area contributed by atoms with Gasteiger partial charge in [-0.05, 0) is 15.9 Å². The molecular formula is C7H2BrF5N2O3. The number of nitro groups is 1. The maximum absolute atomic E-state index is 12.5. The number of aromatic nitrogens is 1. The van der Waals surface area contributed by atoms with Crippen molar-refractivity contribution < 1.29 is 31.6 Å². The summed E-state index contributed by atoms with van der Waals surface area (Å²) in [4.78, 5) is 12.1. The van der Waals surface area contributed by atoms with Crippen molar-refractivity contribution in [2.75, 3.05) is 0 Å². The highest BCUT2D eigenvalue weighted by atomic mass is 79.9. The van der Waals surface area contributed by atoms with Gasteiger partial charge in [0.1, 0.15) is 4.47 Å². The minimum absolute atomic E-state index is 0.484. The van der Waals surface area contributed by atoms with Gasteiger partial charge in [0.2, 0.25) is 5.88 Å². The van der Waals surface area contributed by atoms with Crippen LogP contribution in [0.3, 0.4) is 0 Å². The van der Waals surface area contributed by atoms with Crippen LogP contribution < -0.4 is 4.74 Å². The summed E-state index contributed by atoms with van der Waals surface area (Å²) in [6, 6.07) is 0.484. The Labute approximate surface area is 104 Å². The molecule has 0 fully saturated rings. The SMILES string of the molecule is O=[N+]([O-])c1c(Br)cc(OC(F)(F)F)nc1C(F)F. The van der Waals surface area contributed by atoms with Gasteiger partial charge in [-0.3, -0.25) is 10.1 Å². The second-order valence-electron chi connectivity index (χ2n) is 2.78. The molecule has 0 bridgehead atoms. The van der Waals surface area contributed by atoms with Crippen molar-refractivity contribution in [2.24, 2.45) is 0 Å². The van der Waals surface area contributed by atoms with E-state index in [4.69, 9.17) is 0 Å². The zero-order valence-electron chi connectivity index (χ0n) is 8.04. The van der Waals surface area contributed by atoms with E-state index in [1.54, 1.807) is 0 Å². The summed E-state index contributed by atoms with van der Waals surface area (Å²) in [5.41, 5.74) is -2.52. The first kappa shape index (κ1) is 14.5. The zero-order valence-corrected chi connectivity index (χ0v) is 9.63. The highest BCUT2D eigenvalue weighted by Crippen LogP contribution is 2.37. The number of alkyl halides is 5. The van der Waals surface area contributed by atoms with E-state index in [9.17, 15) is 32.1 Å². The van der Waals surface area contributed by atoms with Crippen LogP contribution in [-0.2, 0) is 0 Å². The van der Waals surface area contributed by atoms with E-state index in [2.05, 4.69) is 25.7 Å². The summed E-state index contributed by atoms with van der Waals surface area (Å²) in [5, 5.41) is 10.5. The van der Waals surface area contributed by atoms with Crippen LogP contribution in [0, 0.1) is 10.1 Å². The fourth-order valence-corrected chi connectivity index (χ4v) is 1.55. The van der Waals surface area contributed by atoms with Crippen molar-refractivity contribution in [2.45, 2.75) is 12.8 Å². The molecule has 0 saturated carbocycles. The van der Waals surface area contributed by atoms with Crippen molar-refractivity contribution >= 4 is 21.6 Å². The molecule has 0 N–H and O–H groups in total. The molecule has 1 aromatic heterocycles. The molecule has 18 heavy (non-hydrogen) atoms. The second kappa shape index (κ2) is 5.00. The van der Waals surface area contributed by atoms with Crippen LogP contribution >= 0.6 is 15.9 Å². The third-order valence-corrected chi connectivity index (χ3v) is 2.16. The number of hydrogen-bond acceptors (Lipinski definition) is 4. The van der Waals surface area contributed by atoms with E-state index >= 15 is 0 Å². The number of halogens is 6. The van der Waals surface area contributed by atoms with Gasteiger partial charge in [0.05, 0.1) is 4.92 Å². The van der Waals surface area contributed by atoms with E-state index in [1.165, 1.54) is 0 Å². The minimum Gasteiger partial charge on any atom is -0.388 e. The molecule has 1 aromatic rings. The third kappa shape index (κ3) is 3.48. The molecule has 0 atom stereocenters. The smallest absolute Gasteiger partial charge is 0.388 e. The lowest BCUT2D eigenvalue weighted by Gasteiger charge is -2.10. The van der Waals surface area contributed by atoms with Crippen LogP contribution in [0.2, 0.25) is 0 Å². The molecule has 0 aliphatic heterocycles. The average molecular weight is 337 g/mol. The predicted molar refractivity (Wildman–Crippen MR) is 50.2 cm³/mol. The quantitative estimate of drug-likeness (QED) is 0.480. The Hall–Kier alpha value is -1.52. The second-order valence-corrected chi connectivity index (χ2v) is 3.64. The maximum atomic E-state index is 12.5. The molecule has 0 aliphatic carbocycles. The van der Waals surface area contributed by atoms with Crippen LogP contribution in [0.5, 0.6) is 5.88 Å². The molecule has 0 radical (unpaired) electrons. The zero-order chi connectivity index (χ0) is 14.1. The fraction of sp³-hybridized carbons (Fsp3) is 0.286. The van der Waals surface area contributed by atoms with Gasteiger partial charge in [-0.25, -0.2) is 13.8 Å². The molecule has 0 unspecified atom stereocenters. The van der Waals surface area contributed by atoms with Crippen molar-refractivity contribution in [1.29, 1.82) is 0 Å². The van der Waals surface area contributed by atoms with Crippen LogP contribution in [0.1, 0.15) is 12.1 Å². The molecular weight excluding hydrogens is 335 g/mol.